The topological polar surface area (TPSA) is 94.0 Å². The molecule has 0 saturated carbocycles. The van der Waals surface area contributed by atoms with E-state index in [1.54, 1.807) is 12.3 Å². The van der Waals surface area contributed by atoms with Gasteiger partial charge in [-0.25, -0.2) is 4.98 Å². The van der Waals surface area contributed by atoms with Gasteiger partial charge in [0, 0.05) is 65.2 Å². The number of hydrogen-bond donors (Lipinski definition) is 2. The molecular formula is C28H26N6O2. The molecule has 0 aliphatic rings. The fraction of sp³-hybridized carbons (Fsp3) is 0.143. The number of anilines is 3. The Hall–Kier alpha value is -4.72. The van der Waals surface area contributed by atoms with Crippen molar-refractivity contribution in [2.45, 2.75) is 13.8 Å². The number of aryl methyl sites for hydroxylation is 2. The molecule has 2 aromatic carbocycles. The second-order valence-electron chi connectivity index (χ2n) is 8.42. The second kappa shape index (κ2) is 9.87. The van der Waals surface area contributed by atoms with Crippen LogP contribution >= 0.6 is 0 Å². The van der Waals surface area contributed by atoms with Crippen molar-refractivity contribution in [2.24, 2.45) is 7.05 Å². The second-order valence-corrected chi connectivity index (χ2v) is 8.42. The van der Waals surface area contributed by atoms with Gasteiger partial charge in [0.1, 0.15) is 0 Å². The van der Waals surface area contributed by atoms with Crippen LogP contribution in [0.2, 0.25) is 0 Å². The van der Waals surface area contributed by atoms with Gasteiger partial charge in [-0.2, -0.15) is 5.10 Å². The first-order valence-corrected chi connectivity index (χ1v) is 11.7. The minimum Gasteiger partial charge on any atom is -0.478 e. The van der Waals surface area contributed by atoms with Gasteiger partial charge in [0.05, 0.1) is 12.1 Å². The molecule has 1 amide bonds. The van der Waals surface area contributed by atoms with E-state index >= 15 is 0 Å². The number of fused-ring (bicyclic) bond motifs is 1. The molecule has 36 heavy (non-hydrogen) atoms. The molecule has 3 heterocycles. The van der Waals surface area contributed by atoms with Crippen LogP contribution in [0.1, 0.15) is 22.8 Å². The average molecular weight is 479 g/mol. The zero-order valence-electron chi connectivity index (χ0n) is 20.3. The molecular weight excluding hydrogens is 452 g/mol. The van der Waals surface area contributed by atoms with Crippen molar-refractivity contribution in [1.29, 1.82) is 0 Å². The molecule has 0 spiro atoms. The van der Waals surface area contributed by atoms with Gasteiger partial charge in [-0.1, -0.05) is 12.1 Å². The van der Waals surface area contributed by atoms with E-state index in [2.05, 4.69) is 32.0 Å². The van der Waals surface area contributed by atoms with Crippen molar-refractivity contribution in [1.82, 2.24) is 19.7 Å². The highest BCUT2D eigenvalue weighted by molar-refractivity contribution is 6.06. The molecule has 0 aliphatic heterocycles. The molecule has 0 aliphatic carbocycles. The van der Waals surface area contributed by atoms with Crippen molar-refractivity contribution >= 4 is 34.0 Å². The molecule has 5 rings (SSSR count). The highest BCUT2D eigenvalue weighted by atomic mass is 16.5. The van der Waals surface area contributed by atoms with Crippen LogP contribution < -0.4 is 15.4 Å². The van der Waals surface area contributed by atoms with Gasteiger partial charge in [0.25, 0.3) is 5.91 Å². The van der Waals surface area contributed by atoms with E-state index in [1.807, 2.05) is 86.3 Å². The largest absolute Gasteiger partial charge is 0.478 e. The highest BCUT2D eigenvalue weighted by Crippen LogP contribution is 2.32. The number of aromatic nitrogens is 4. The van der Waals surface area contributed by atoms with E-state index in [0.717, 1.165) is 33.3 Å². The number of rotatable bonds is 7. The van der Waals surface area contributed by atoms with Crippen LogP contribution in [0, 0.1) is 6.92 Å². The number of hydrogen-bond acceptors (Lipinski definition) is 6. The highest BCUT2D eigenvalue weighted by Gasteiger charge is 2.13. The number of carbonyl (C=O) groups is 1. The van der Waals surface area contributed by atoms with Crippen LogP contribution in [0.3, 0.4) is 0 Å². The molecule has 0 saturated heterocycles. The zero-order valence-corrected chi connectivity index (χ0v) is 20.3. The monoisotopic (exact) mass is 478 g/mol. The minimum atomic E-state index is -0.193. The summed E-state index contributed by atoms with van der Waals surface area (Å²) in [5, 5.41) is 15.3. The molecule has 0 unspecified atom stereocenters. The van der Waals surface area contributed by atoms with Crippen molar-refractivity contribution in [3.63, 3.8) is 0 Å². The van der Waals surface area contributed by atoms with Gasteiger partial charge in [-0.05, 0) is 61.9 Å². The third kappa shape index (κ3) is 4.74. The predicted octanol–water partition coefficient (Wildman–Crippen LogP) is 5.73. The summed E-state index contributed by atoms with van der Waals surface area (Å²) >= 11 is 0. The summed E-state index contributed by atoms with van der Waals surface area (Å²) in [6, 6.07) is 19.0. The lowest BCUT2D eigenvalue weighted by Gasteiger charge is -2.11. The van der Waals surface area contributed by atoms with Crippen molar-refractivity contribution < 1.29 is 9.53 Å². The fourth-order valence-electron chi connectivity index (χ4n) is 4.07. The third-order valence-electron chi connectivity index (χ3n) is 5.92. The van der Waals surface area contributed by atoms with Gasteiger partial charge in [0.2, 0.25) is 5.88 Å². The lowest BCUT2D eigenvalue weighted by Crippen LogP contribution is -2.12. The van der Waals surface area contributed by atoms with Gasteiger partial charge in [-0.15, -0.1) is 5.10 Å². The Kier molecular flexibility index (Phi) is 6.32. The minimum absolute atomic E-state index is 0.193. The summed E-state index contributed by atoms with van der Waals surface area (Å²) in [6.45, 7) is 4.49. The number of benzene rings is 2. The SMILES string of the molecule is CCOc1ccc(-c2cn(C)c3cc(NC(=O)c4ccc(C)c(Nc5cccnn5)c4)ccc23)cn1. The lowest BCUT2D eigenvalue weighted by molar-refractivity contribution is 0.102. The summed E-state index contributed by atoms with van der Waals surface area (Å²) in [5.74, 6) is 1.03. The van der Waals surface area contributed by atoms with Crippen LogP contribution in [0.15, 0.2) is 79.3 Å². The molecule has 5 aromatic rings. The Morgan fingerprint density at radius 2 is 1.97 bits per heavy atom. The molecule has 2 N–H and O–H groups in total. The number of pyridine rings is 1. The Bertz CT molecular complexity index is 1530. The van der Waals surface area contributed by atoms with Crippen molar-refractivity contribution in [3.05, 3.63) is 90.4 Å². The maximum Gasteiger partial charge on any atom is 0.255 e. The molecule has 8 heteroatoms. The maximum atomic E-state index is 13.1. The van der Waals surface area contributed by atoms with E-state index in [4.69, 9.17) is 4.74 Å². The molecule has 0 bridgehead atoms. The van der Waals surface area contributed by atoms with E-state index in [0.29, 0.717) is 29.6 Å². The smallest absolute Gasteiger partial charge is 0.255 e. The summed E-state index contributed by atoms with van der Waals surface area (Å²) in [7, 11) is 1.99. The van der Waals surface area contributed by atoms with Gasteiger partial charge < -0.3 is 19.9 Å². The number of ether oxygens (including phenoxy) is 1. The number of amides is 1. The summed E-state index contributed by atoms with van der Waals surface area (Å²) < 4.78 is 7.50. The standard InChI is InChI=1S/C28H26N6O2/c1-4-36-27-12-9-20(16-29-27)23-17-34(3)25-15-21(10-11-22(23)25)31-28(35)19-8-7-18(2)24(14-19)32-26-6-5-13-30-33-26/h5-17H,4H2,1-3H3,(H,31,35)(H,32,33). The molecule has 0 radical (unpaired) electrons. The first-order chi connectivity index (χ1) is 17.5. The molecule has 0 atom stereocenters. The Labute approximate surface area is 209 Å². The summed E-state index contributed by atoms with van der Waals surface area (Å²) in [5.41, 5.74) is 6.14. The molecule has 0 fully saturated rings. The van der Waals surface area contributed by atoms with Crippen molar-refractivity contribution in [2.75, 3.05) is 17.2 Å². The Morgan fingerprint density at radius 3 is 2.72 bits per heavy atom. The van der Waals surface area contributed by atoms with Crippen LogP contribution in [0.25, 0.3) is 22.0 Å². The van der Waals surface area contributed by atoms with Crippen LogP contribution in [-0.4, -0.2) is 32.3 Å². The predicted molar refractivity (Wildman–Crippen MR) is 142 cm³/mol. The normalized spacial score (nSPS) is 10.9. The van der Waals surface area contributed by atoms with Crippen LogP contribution in [0.4, 0.5) is 17.2 Å². The van der Waals surface area contributed by atoms with E-state index in [9.17, 15) is 4.79 Å². The van der Waals surface area contributed by atoms with E-state index < -0.39 is 0 Å². The summed E-state index contributed by atoms with van der Waals surface area (Å²) in [4.78, 5) is 17.5. The van der Waals surface area contributed by atoms with Gasteiger partial charge in [-0.3, -0.25) is 4.79 Å². The number of nitrogens with zero attached hydrogens (tertiary/aromatic N) is 4. The Morgan fingerprint density at radius 1 is 1.08 bits per heavy atom. The Balaban J connectivity index is 1.38. The first kappa shape index (κ1) is 23.0. The van der Waals surface area contributed by atoms with Gasteiger partial charge in [0.15, 0.2) is 5.82 Å². The summed E-state index contributed by atoms with van der Waals surface area (Å²) in [6.07, 6.45) is 5.50. The molecule has 3 aromatic heterocycles. The van der Waals surface area contributed by atoms with E-state index in [-0.39, 0.29) is 5.91 Å². The number of nitrogens with one attached hydrogen (secondary N) is 2. The zero-order chi connectivity index (χ0) is 25.1. The number of carbonyl (C=O) groups excluding carboxylic acids is 1. The first-order valence-electron chi connectivity index (χ1n) is 11.7. The molecule has 8 nitrogen and oxygen atoms in total. The third-order valence-corrected chi connectivity index (χ3v) is 5.92. The van der Waals surface area contributed by atoms with Gasteiger partial charge >= 0.3 is 0 Å². The van der Waals surface area contributed by atoms with Crippen LogP contribution in [-0.2, 0) is 7.05 Å². The van der Waals surface area contributed by atoms with Crippen LogP contribution in [0.5, 0.6) is 5.88 Å². The quantitative estimate of drug-likeness (QED) is 0.310. The van der Waals surface area contributed by atoms with Crippen molar-refractivity contribution in [3.8, 4) is 17.0 Å². The average Bonchev–Trinajstić information content (AvgIpc) is 3.22. The van der Waals surface area contributed by atoms with E-state index in [1.165, 1.54) is 0 Å². The lowest BCUT2D eigenvalue weighted by atomic mass is 10.1. The maximum absolute atomic E-state index is 13.1. The molecule has 180 valence electrons. The fourth-order valence-corrected chi connectivity index (χ4v) is 4.07.